The highest BCUT2D eigenvalue weighted by Gasteiger charge is 2.71. The fourth-order valence-corrected chi connectivity index (χ4v) is 1.73. The lowest BCUT2D eigenvalue weighted by molar-refractivity contribution is -0.428. The molecule has 0 N–H and O–H groups in total. The Labute approximate surface area is 148 Å². The number of alkyl halides is 17. The van der Waals surface area contributed by atoms with E-state index in [9.17, 15) is 74.6 Å². The average Bonchev–Trinajstić information content (AvgIpc) is 2.38. The predicted octanol–water partition coefficient (Wildman–Crippen LogP) is 5.45. The highest BCUT2D eigenvalue weighted by molar-refractivity contribution is 4.94. The number of hydrogen-bond acceptors (Lipinski definition) is 2. The zero-order chi connectivity index (χ0) is 23.9. The van der Waals surface area contributed by atoms with Crippen molar-refractivity contribution < 1.29 is 79.4 Å². The van der Waals surface area contributed by atoms with Crippen LogP contribution in [-0.4, -0.2) is 67.1 Å². The Hall–Kier alpha value is -1.27. The first-order valence-corrected chi connectivity index (χ1v) is 6.39. The predicted molar refractivity (Wildman–Crippen MR) is 55.5 cm³/mol. The van der Waals surface area contributed by atoms with Gasteiger partial charge < -0.3 is 4.74 Å². The number of rotatable bonds is 7. The Bertz CT molecular complexity index is 514. The van der Waals surface area contributed by atoms with Crippen molar-refractivity contribution in [1.82, 2.24) is 4.90 Å². The summed E-state index contributed by atoms with van der Waals surface area (Å²) in [5, 5.41) is 0. The van der Waals surface area contributed by atoms with Gasteiger partial charge in [0.25, 0.3) is 12.1 Å². The third-order valence-electron chi connectivity index (χ3n) is 2.76. The molecule has 0 bridgehead atoms. The number of halogens is 17. The maximum Gasteiger partial charge on any atom is 0.467 e. The Morgan fingerprint density at radius 1 is 0.552 bits per heavy atom. The average molecular weight is 479 g/mol. The maximum atomic E-state index is 13.5. The van der Waals surface area contributed by atoms with Gasteiger partial charge in [0.15, 0.2) is 6.04 Å². The summed E-state index contributed by atoms with van der Waals surface area (Å²) < 4.78 is 215. The molecule has 0 aliphatic rings. The first-order valence-electron chi connectivity index (χ1n) is 6.39. The van der Waals surface area contributed by atoms with Gasteiger partial charge in [0.1, 0.15) is 13.2 Å². The minimum Gasteiger partial charge on any atom is -0.369 e. The van der Waals surface area contributed by atoms with Gasteiger partial charge in [-0.3, -0.25) is 0 Å². The SMILES string of the molecule is FC(C(F)(F)F)C(F)(F)COCC(F)(F)C(N(C(F)(F)F)C(F)(F)F)C(F)(F)F. The van der Waals surface area contributed by atoms with Gasteiger partial charge in [0, 0.05) is 0 Å². The van der Waals surface area contributed by atoms with Crippen molar-refractivity contribution in [3.63, 3.8) is 0 Å². The fourth-order valence-electron chi connectivity index (χ4n) is 1.73. The Morgan fingerprint density at radius 2 is 0.897 bits per heavy atom. The third-order valence-corrected chi connectivity index (χ3v) is 2.76. The first-order chi connectivity index (χ1) is 12.3. The summed E-state index contributed by atoms with van der Waals surface area (Å²) in [6.45, 7) is -6.33. The molecule has 176 valence electrons. The molecule has 0 aromatic rings. The van der Waals surface area contributed by atoms with E-state index in [4.69, 9.17) is 0 Å². The van der Waals surface area contributed by atoms with E-state index in [2.05, 4.69) is 4.74 Å². The highest BCUT2D eigenvalue weighted by atomic mass is 19.4. The summed E-state index contributed by atoms with van der Waals surface area (Å²) in [6, 6.07) is -5.76. The van der Waals surface area contributed by atoms with Crippen LogP contribution < -0.4 is 0 Å². The number of ether oxygens (including phenoxy) is 1. The van der Waals surface area contributed by atoms with Crippen LogP contribution in [0.2, 0.25) is 0 Å². The second-order valence-electron chi connectivity index (χ2n) is 5.17. The van der Waals surface area contributed by atoms with Crippen LogP contribution in [0.4, 0.5) is 74.6 Å². The van der Waals surface area contributed by atoms with Crippen molar-refractivity contribution in [2.45, 2.75) is 49.0 Å². The summed E-state index contributed by atoms with van der Waals surface area (Å²) >= 11 is 0. The Morgan fingerprint density at radius 3 is 1.17 bits per heavy atom. The van der Waals surface area contributed by atoms with Crippen LogP contribution in [-0.2, 0) is 4.74 Å². The molecule has 0 saturated carbocycles. The van der Waals surface area contributed by atoms with E-state index in [1.165, 1.54) is 0 Å². The number of hydrogen-bond donors (Lipinski definition) is 0. The smallest absolute Gasteiger partial charge is 0.369 e. The van der Waals surface area contributed by atoms with Gasteiger partial charge in [0.2, 0.25) is 0 Å². The lowest BCUT2D eigenvalue weighted by Gasteiger charge is -2.38. The summed E-state index contributed by atoms with van der Waals surface area (Å²) in [4.78, 5) is -3.59. The zero-order valence-electron chi connectivity index (χ0n) is 12.8. The molecule has 0 amide bonds. The van der Waals surface area contributed by atoms with Crippen LogP contribution in [0.25, 0.3) is 0 Å². The molecular weight excluding hydrogens is 473 g/mol. The van der Waals surface area contributed by atoms with Crippen LogP contribution in [0.1, 0.15) is 0 Å². The molecule has 0 fully saturated rings. The minimum atomic E-state index is -7.11. The lowest BCUT2D eigenvalue weighted by Crippen LogP contribution is -2.66. The van der Waals surface area contributed by atoms with Crippen molar-refractivity contribution >= 4 is 0 Å². The van der Waals surface area contributed by atoms with Gasteiger partial charge >= 0.3 is 30.9 Å². The highest BCUT2D eigenvalue weighted by Crippen LogP contribution is 2.46. The molecule has 19 heteroatoms. The summed E-state index contributed by atoms with van der Waals surface area (Å²) in [5.41, 5.74) is 0. The van der Waals surface area contributed by atoms with Crippen LogP contribution in [0.5, 0.6) is 0 Å². The van der Waals surface area contributed by atoms with Gasteiger partial charge in [-0.25, -0.2) is 22.0 Å². The minimum absolute atomic E-state index is 3.03. The van der Waals surface area contributed by atoms with E-state index in [1.807, 2.05) is 0 Å². The van der Waals surface area contributed by atoms with E-state index in [0.717, 1.165) is 0 Å². The molecule has 0 aromatic carbocycles. The quantitative estimate of drug-likeness (QED) is 0.356. The molecule has 0 aliphatic carbocycles. The van der Waals surface area contributed by atoms with E-state index in [0.29, 0.717) is 0 Å². The second-order valence-corrected chi connectivity index (χ2v) is 5.17. The normalized spacial score (nSPS) is 17.6. The van der Waals surface area contributed by atoms with Crippen LogP contribution in [0.15, 0.2) is 0 Å². The number of nitrogens with zero attached hydrogens (tertiary/aromatic N) is 1. The van der Waals surface area contributed by atoms with Gasteiger partial charge in [-0.05, 0) is 0 Å². The summed E-state index contributed by atoms with van der Waals surface area (Å²) in [7, 11) is 0. The molecule has 0 radical (unpaired) electrons. The van der Waals surface area contributed by atoms with E-state index in [1.54, 1.807) is 0 Å². The van der Waals surface area contributed by atoms with Crippen LogP contribution in [0, 0.1) is 0 Å². The molecule has 0 spiro atoms. The van der Waals surface area contributed by atoms with Crippen molar-refractivity contribution in [3.8, 4) is 0 Å². The first kappa shape index (κ1) is 27.7. The molecule has 0 aliphatic heterocycles. The lowest BCUT2D eigenvalue weighted by atomic mass is 10.1. The second kappa shape index (κ2) is 8.10. The van der Waals surface area contributed by atoms with Crippen molar-refractivity contribution in [2.24, 2.45) is 0 Å². The largest absolute Gasteiger partial charge is 0.467 e. The molecule has 0 aromatic heterocycles. The molecule has 29 heavy (non-hydrogen) atoms. The zero-order valence-corrected chi connectivity index (χ0v) is 12.8. The summed E-state index contributed by atoms with van der Waals surface area (Å²) in [5.74, 6) is -12.0. The monoisotopic (exact) mass is 479 g/mol. The molecule has 2 atom stereocenters. The molecule has 0 heterocycles. The van der Waals surface area contributed by atoms with E-state index in [-0.39, 0.29) is 0 Å². The summed E-state index contributed by atoms with van der Waals surface area (Å²) in [6.07, 6.45) is -32.6. The van der Waals surface area contributed by atoms with Crippen molar-refractivity contribution in [3.05, 3.63) is 0 Å². The Balaban J connectivity index is 5.73. The third kappa shape index (κ3) is 7.49. The fraction of sp³-hybridized carbons (Fsp3) is 1.00. The van der Waals surface area contributed by atoms with Crippen molar-refractivity contribution in [2.75, 3.05) is 13.2 Å². The molecule has 2 nitrogen and oxygen atoms in total. The topological polar surface area (TPSA) is 12.5 Å². The molecule has 0 saturated heterocycles. The van der Waals surface area contributed by atoms with Gasteiger partial charge in [-0.2, -0.15) is 52.7 Å². The van der Waals surface area contributed by atoms with E-state index >= 15 is 0 Å². The molecular formula is C10H6F17NO. The van der Waals surface area contributed by atoms with Gasteiger partial charge in [-0.15, -0.1) is 4.90 Å². The maximum absolute atomic E-state index is 13.5. The van der Waals surface area contributed by atoms with E-state index < -0.39 is 67.1 Å². The standard InChI is InChI=1S/C10H6F17NO/c11-3(7(16,17)18)5(12,13)1-29-2-6(14,15)4(8(19,20)21)28(9(22,23)24)10(25,26)27/h3-4H,1-2H2. The van der Waals surface area contributed by atoms with Crippen LogP contribution >= 0.6 is 0 Å². The molecule has 2 unspecified atom stereocenters. The Kier molecular flexibility index (Phi) is 7.75. The van der Waals surface area contributed by atoms with Crippen molar-refractivity contribution in [1.29, 1.82) is 0 Å². The van der Waals surface area contributed by atoms with Crippen LogP contribution in [0.3, 0.4) is 0 Å². The van der Waals surface area contributed by atoms with Gasteiger partial charge in [0.05, 0.1) is 0 Å². The molecule has 0 rings (SSSR count). The van der Waals surface area contributed by atoms with Gasteiger partial charge in [-0.1, -0.05) is 0 Å².